The molecular formula is C11H10FNO. The van der Waals surface area contributed by atoms with Crippen LogP contribution in [-0.2, 0) is 13.0 Å². The summed E-state index contributed by atoms with van der Waals surface area (Å²) in [5.74, 6) is -0.206. The van der Waals surface area contributed by atoms with Crippen molar-refractivity contribution in [1.82, 2.24) is 4.57 Å². The predicted octanol–water partition coefficient (Wildman–Crippen LogP) is 1.70. The molecule has 14 heavy (non-hydrogen) atoms. The number of para-hydroxylation sites is 1. The Balaban J connectivity index is 2.35. The maximum Gasteiger partial charge on any atom is 0.147 e. The van der Waals surface area contributed by atoms with E-state index >= 15 is 0 Å². The Morgan fingerprint density at radius 2 is 2.29 bits per heavy atom. The van der Waals surface area contributed by atoms with E-state index in [0.717, 1.165) is 11.1 Å². The third-order valence-electron chi connectivity index (χ3n) is 2.79. The molecule has 0 saturated carbocycles. The van der Waals surface area contributed by atoms with Gasteiger partial charge in [0.05, 0.1) is 11.6 Å². The van der Waals surface area contributed by atoms with Gasteiger partial charge in [-0.2, -0.15) is 0 Å². The molecule has 0 amide bonds. The molecule has 0 aliphatic carbocycles. The van der Waals surface area contributed by atoms with Gasteiger partial charge in [-0.1, -0.05) is 12.1 Å². The SMILES string of the molecule is OC1Cc2cc3cccc(F)c3n2C1. The molecule has 3 heteroatoms. The van der Waals surface area contributed by atoms with Crippen LogP contribution in [0, 0.1) is 5.82 Å². The number of aliphatic hydroxyl groups is 1. The van der Waals surface area contributed by atoms with Gasteiger partial charge in [0.25, 0.3) is 0 Å². The lowest BCUT2D eigenvalue weighted by atomic mass is 10.2. The van der Waals surface area contributed by atoms with Gasteiger partial charge in [0.1, 0.15) is 5.82 Å². The molecule has 0 fully saturated rings. The average Bonchev–Trinajstić information content (AvgIpc) is 2.60. The van der Waals surface area contributed by atoms with Gasteiger partial charge < -0.3 is 9.67 Å². The maximum absolute atomic E-state index is 13.5. The van der Waals surface area contributed by atoms with E-state index < -0.39 is 0 Å². The molecule has 1 aliphatic heterocycles. The smallest absolute Gasteiger partial charge is 0.147 e. The van der Waals surface area contributed by atoms with Gasteiger partial charge in [-0.05, 0) is 12.1 Å². The molecule has 1 N–H and O–H groups in total. The van der Waals surface area contributed by atoms with Crippen LogP contribution in [-0.4, -0.2) is 15.8 Å². The minimum Gasteiger partial charge on any atom is -0.391 e. The quantitative estimate of drug-likeness (QED) is 0.673. The summed E-state index contributed by atoms with van der Waals surface area (Å²) in [6.45, 7) is 0.514. The number of benzene rings is 1. The van der Waals surface area contributed by atoms with Gasteiger partial charge in [-0.15, -0.1) is 0 Å². The lowest BCUT2D eigenvalue weighted by Gasteiger charge is -2.02. The van der Waals surface area contributed by atoms with Crippen molar-refractivity contribution in [2.75, 3.05) is 0 Å². The summed E-state index contributed by atoms with van der Waals surface area (Å²) < 4.78 is 15.4. The summed E-state index contributed by atoms with van der Waals surface area (Å²) in [6, 6.07) is 7.02. The van der Waals surface area contributed by atoms with E-state index in [1.807, 2.05) is 16.7 Å². The van der Waals surface area contributed by atoms with E-state index in [0.29, 0.717) is 18.5 Å². The summed E-state index contributed by atoms with van der Waals surface area (Å²) in [5, 5.41) is 10.4. The third kappa shape index (κ3) is 0.930. The molecule has 1 aliphatic rings. The van der Waals surface area contributed by atoms with Crippen LogP contribution in [0.15, 0.2) is 24.3 Å². The Morgan fingerprint density at radius 3 is 3.14 bits per heavy atom. The van der Waals surface area contributed by atoms with E-state index in [-0.39, 0.29) is 11.9 Å². The molecule has 2 heterocycles. The summed E-state index contributed by atoms with van der Waals surface area (Å²) in [6.07, 6.45) is 0.280. The molecule has 72 valence electrons. The average molecular weight is 191 g/mol. The highest BCUT2D eigenvalue weighted by Gasteiger charge is 2.22. The van der Waals surface area contributed by atoms with E-state index in [9.17, 15) is 9.50 Å². The van der Waals surface area contributed by atoms with Crippen LogP contribution in [0.2, 0.25) is 0 Å². The van der Waals surface area contributed by atoms with Gasteiger partial charge in [0.2, 0.25) is 0 Å². The Labute approximate surface area is 80.6 Å². The van der Waals surface area contributed by atoms with Crippen LogP contribution in [0.4, 0.5) is 4.39 Å². The van der Waals surface area contributed by atoms with Crippen LogP contribution in [0.5, 0.6) is 0 Å². The fourth-order valence-corrected chi connectivity index (χ4v) is 2.23. The first-order valence-corrected chi connectivity index (χ1v) is 4.70. The Hall–Kier alpha value is -1.35. The van der Waals surface area contributed by atoms with Crippen LogP contribution in [0.25, 0.3) is 10.9 Å². The fourth-order valence-electron chi connectivity index (χ4n) is 2.23. The zero-order valence-corrected chi connectivity index (χ0v) is 7.57. The van der Waals surface area contributed by atoms with Crippen LogP contribution in [0.1, 0.15) is 5.69 Å². The normalized spacial score (nSPS) is 20.3. The molecule has 2 nitrogen and oxygen atoms in total. The summed E-state index contributed by atoms with van der Waals surface area (Å²) >= 11 is 0. The first-order valence-electron chi connectivity index (χ1n) is 4.70. The highest BCUT2D eigenvalue weighted by atomic mass is 19.1. The number of rotatable bonds is 0. The number of hydrogen-bond donors (Lipinski definition) is 1. The molecule has 3 rings (SSSR count). The van der Waals surface area contributed by atoms with Crippen molar-refractivity contribution in [3.63, 3.8) is 0 Å². The molecule has 0 spiro atoms. The van der Waals surface area contributed by atoms with Gasteiger partial charge in [0, 0.05) is 24.0 Å². The fraction of sp³-hybridized carbons (Fsp3) is 0.273. The summed E-state index contributed by atoms with van der Waals surface area (Å²) in [7, 11) is 0. The molecule has 0 radical (unpaired) electrons. The topological polar surface area (TPSA) is 25.2 Å². The van der Waals surface area contributed by atoms with Crippen molar-refractivity contribution in [2.45, 2.75) is 19.1 Å². The molecule has 0 saturated heterocycles. The molecule has 0 bridgehead atoms. The monoisotopic (exact) mass is 191 g/mol. The van der Waals surface area contributed by atoms with Gasteiger partial charge in [0.15, 0.2) is 0 Å². The largest absolute Gasteiger partial charge is 0.391 e. The summed E-state index contributed by atoms with van der Waals surface area (Å²) in [4.78, 5) is 0. The van der Waals surface area contributed by atoms with E-state index in [4.69, 9.17) is 0 Å². The zero-order valence-electron chi connectivity index (χ0n) is 7.57. The number of fused-ring (bicyclic) bond motifs is 3. The lowest BCUT2D eigenvalue weighted by Crippen LogP contribution is -2.07. The second kappa shape index (κ2) is 2.58. The van der Waals surface area contributed by atoms with Crippen molar-refractivity contribution in [3.05, 3.63) is 35.8 Å². The number of hydrogen-bond acceptors (Lipinski definition) is 1. The Bertz CT molecular complexity index is 503. The van der Waals surface area contributed by atoms with Crippen LogP contribution >= 0.6 is 0 Å². The standard InChI is InChI=1S/C11H10FNO/c12-10-3-1-2-7-4-8-5-9(14)6-13(8)11(7)10/h1-4,9,14H,5-6H2. The van der Waals surface area contributed by atoms with E-state index in [2.05, 4.69) is 0 Å². The van der Waals surface area contributed by atoms with Crippen molar-refractivity contribution >= 4 is 10.9 Å². The highest BCUT2D eigenvalue weighted by Crippen LogP contribution is 2.27. The van der Waals surface area contributed by atoms with Gasteiger partial charge >= 0.3 is 0 Å². The van der Waals surface area contributed by atoms with Gasteiger partial charge in [-0.3, -0.25) is 0 Å². The molecule has 1 aromatic heterocycles. The summed E-state index contributed by atoms with van der Waals surface area (Å²) in [5.41, 5.74) is 1.65. The molecule has 1 atom stereocenters. The third-order valence-corrected chi connectivity index (χ3v) is 2.79. The molecule has 1 aromatic carbocycles. The van der Waals surface area contributed by atoms with E-state index in [1.165, 1.54) is 6.07 Å². The second-order valence-corrected chi connectivity index (χ2v) is 3.78. The van der Waals surface area contributed by atoms with Crippen LogP contribution < -0.4 is 0 Å². The highest BCUT2D eigenvalue weighted by molar-refractivity contribution is 5.82. The number of aliphatic hydroxyl groups excluding tert-OH is 1. The van der Waals surface area contributed by atoms with E-state index in [1.54, 1.807) is 6.07 Å². The maximum atomic E-state index is 13.5. The first kappa shape index (κ1) is 8.00. The van der Waals surface area contributed by atoms with Crippen molar-refractivity contribution < 1.29 is 9.50 Å². The van der Waals surface area contributed by atoms with Crippen molar-refractivity contribution in [2.24, 2.45) is 0 Å². The Morgan fingerprint density at radius 1 is 1.43 bits per heavy atom. The lowest BCUT2D eigenvalue weighted by molar-refractivity contribution is 0.176. The minimum absolute atomic E-state index is 0.206. The number of aromatic nitrogens is 1. The van der Waals surface area contributed by atoms with Gasteiger partial charge in [-0.25, -0.2) is 4.39 Å². The molecular weight excluding hydrogens is 181 g/mol. The van der Waals surface area contributed by atoms with Crippen molar-refractivity contribution in [3.8, 4) is 0 Å². The van der Waals surface area contributed by atoms with Crippen molar-refractivity contribution in [1.29, 1.82) is 0 Å². The Kier molecular flexibility index (Phi) is 1.47. The predicted molar refractivity (Wildman–Crippen MR) is 51.6 cm³/mol. The minimum atomic E-state index is -0.353. The zero-order chi connectivity index (χ0) is 9.71. The number of halogens is 1. The second-order valence-electron chi connectivity index (χ2n) is 3.78. The van der Waals surface area contributed by atoms with Crippen LogP contribution in [0.3, 0.4) is 0 Å². The molecule has 1 unspecified atom stereocenters. The number of nitrogens with zero attached hydrogens (tertiary/aromatic N) is 1. The molecule has 2 aromatic rings. The first-order chi connectivity index (χ1) is 6.75.